The van der Waals surface area contributed by atoms with Crippen molar-refractivity contribution < 1.29 is 14.6 Å². The number of carbonyl (C=O) groups is 1. The van der Waals surface area contributed by atoms with Crippen LogP contribution in [0.2, 0.25) is 0 Å². The molecule has 1 fully saturated rings. The molecule has 1 aromatic carbocycles. The lowest BCUT2D eigenvalue weighted by atomic mass is 10.1. The summed E-state index contributed by atoms with van der Waals surface area (Å²) >= 11 is 0. The number of hydrogen-bond acceptors (Lipinski definition) is 4. The van der Waals surface area contributed by atoms with Crippen LogP contribution in [0.15, 0.2) is 24.3 Å². The first-order valence-corrected chi connectivity index (χ1v) is 7.81. The van der Waals surface area contributed by atoms with Gasteiger partial charge in [-0.05, 0) is 57.9 Å². The molecule has 1 aliphatic heterocycles. The van der Waals surface area contributed by atoms with E-state index in [2.05, 4.69) is 10.2 Å². The molecule has 0 spiro atoms. The third kappa shape index (κ3) is 5.00. The number of ether oxygens (including phenoxy) is 1. The molecule has 0 saturated carbocycles. The Morgan fingerprint density at radius 3 is 2.91 bits per heavy atom. The van der Waals surface area contributed by atoms with Gasteiger partial charge in [0.25, 0.3) is 0 Å². The van der Waals surface area contributed by atoms with Gasteiger partial charge in [-0.25, -0.2) is 4.79 Å². The molecule has 5 nitrogen and oxygen atoms in total. The van der Waals surface area contributed by atoms with Gasteiger partial charge in [0.15, 0.2) is 0 Å². The molecule has 2 rings (SSSR count). The van der Waals surface area contributed by atoms with Crippen LogP contribution in [0.5, 0.6) is 0 Å². The Kier molecular flexibility index (Phi) is 5.42. The third-order valence-electron chi connectivity index (χ3n) is 3.67. The molecule has 2 N–H and O–H groups in total. The quantitative estimate of drug-likeness (QED) is 0.897. The molecule has 1 aliphatic rings. The zero-order valence-electron chi connectivity index (χ0n) is 13.6. The van der Waals surface area contributed by atoms with Gasteiger partial charge in [0.1, 0.15) is 5.60 Å². The van der Waals surface area contributed by atoms with Gasteiger partial charge >= 0.3 is 6.09 Å². The summed E-state index contributed by atoms with van der Waals surface area (Å²) in [7, 11) is 0. The Labute approximate surface area is 132 Å². The molecule has 22 heavy (non-hydrogen) atoms. The van der Waals surface area contributed by atoms with Crippen LogP contribution in [0.4, 0.5) is 10.5 Å². The van der Waals surface area contributed by atoms with Crippen molar-refractivity contribution in [1.29, 1.82) is 0 Å². The van der Waals surface area contributed by atoms with E-state index in [1.165, 1.54) is 0 Å². The maximum absolute atomic E-state index is 11.8. The van der Waals surface area contributed by atoms with Crippen LogP contribution in [0.25, 0.3) is 0 Å². The van der Waals surface area contributed by atoms with Crippen LogP contribution >= 0.6 is 0 Å². The fourth-order valence-corrected chi connectivity index (χ4v) is 2.71. The molecule has 1 amide bonds. The fourth-order valence-electron chi connectivity index (χ4n) is 2.71. The minimum absolute atomic E-state index is 0.204. The maximum Gasteiger partial charge on any atom is 0.412 e. The molecule has 5 heteroatoms. The van der Waals surface area contributed by atoms with Gasteiger partial charge in [-0.15, -0.1) is 0 Å². The Hall–Kier alpha value is -1.59. The summed E-state index contributed by atoms with van der Waals surface area (Å²) in [6.07, 6.45) is 1.73. The van der Waals surface area contributed by atoms with Crippen molar-refractivity contribution in [3.05, 3.63) is 29.8 Å². The van der Waals surface area contributed by atoms with Crippen LogP contribution in [-0.2, 0) is 11.3 Å². The molecule has 1 unspecified atom stereocenters. The fraction of sp³-hybridized carbons (Fsp3) is 0.588. The first kappa shape index (κ1) is 16.8. The van der Waals surface area contributed by atoms with Gasteiger partial charge in [0.2, 0.25) is 0 Å². The van der Waals surface area contributed by atoms with E-state index in [4.69, 9.17) is 4.74 Å². The van der Waals surface area contributed by atoms with E-state index in [9.17, 15) is 9.90 Å². The van der Waals surface area contributed by atoms with E-state index in [0.717, 1.165) is 37.2 Å². The largest absolute Gasteiger partial charge is 0.444 e. The summed E-state index contributed by atoms with van der Waals surface area (Å²) in [4.78, 5) is 14.1. The number of amides is 1. The highest BCUT2D eigenvalue weighted by Gasteiger charge is 2.23. The average molecular weight is 306 g/mol. The lowest BCUT2D eigenvalue weighted by Gasteiger charge is -2.23. The first-order valence-electron chi connectivity index (χ1n) is 7.81. The van der Waals surface area contributed by atoms with E-state index in [0.29, 0.717) is 0 Å². The standard InChI is InChI=1S/C17H26N2O3/c1-17(2,3)22-16(21)18-14-7-4-6-13(10-14)11-19-9-5-8-15(19)12-20/h4,6-7,10,15,20H,5,8-9,11-12H2,1-3H3,(H,18,21). The summed E-state index contributed by atoms with van der Waals surface area (Å²) in [6, 6.07) is 8.01. The highest BCUT2D eigenvalue weighted by Crippen LogP contribution is 2.21. The number of likely N-dealkylation sites (tertiary alicyclic amines) is 1. The predicted molar refractivity (Wildman–Crippen MR) is 86.8 cm³/mol. The Morgan fingerprint density at radius 1 is 1.45 bits per heavy atom. The van der Waals surface area contributed by atoms with Gasteiger partial charge in [0, 0.05) is 18.3 Å². The minimum atomic E-state index is -0.508. The monoisotopic (exact) mass is 306 g/mol. The predicted octanol–water partition coefficient (Wildman–Crippen LogP) is 2.99. The van der Waals surface area contributed by atoms with E-state index in [1.807, 2.05) is 45.0 Å². The second-order valence-electron chi connectivity index (χ2n) is 6.78. The molecule has 1 aromatic rings. The number of aliphatic hydroxyl groups excluding tert-OH is 1. The molecule has 0 aliphatic carbocycles. The van der Waals surface area contributed by atoms with Crippen LogP contribution in [-0.4, -0.2) is 40.9 Å². The summed E-state index contributed by atoms with van der Waals surface area (Å²) in [5.41, 5.74) is 1.34. The van der Waals surface area contributed by atoms with E-state index < -0.39 is 11.7 Å². The van der Waals surface area contributed by atoms with E-state index >= 15 is 0 Å². The number of nitrogens with zero attached hydrogens (tertiary/aromatic N) is 1. The topological polar surface area (TPSA) is 61.8 Å². The van der Waals surface area contributed by atoms with Crippen molar-refractivity contribution in [3.8, 4) is 0 Å². The lowest BCUT2D eigenvalue weighted by molar-refractivity contribution is 0.0636. The number of carbonyl (C=O) groups excluding carboxylic acids is 1. The maximum atomic E-state index is 11.8. The highest BCUT2D eigenvalue weighted by molar-refractivity contribution is 5.84. The number of benzene rings is 1. The van der Waals surface area contributed by atoms with Gasteiger partial charge in [-0.3, -0.25) is 10.2 Å². The third-order valence-corrected chi connectivity index (χ3v) is 3.67. The SMILES string of the molecule is CC(C)(C)OC(=O)Nc1cccc(CN2CCCC2CO)c1. The van der Waals surface area contributed by atoms with Gasteiger partial charge in [-0.2, -0.15) is 0 Å². The van der Waals surface area contributed by atoms with Crippen LogP contribution in [0, 0.1) is 0 Å². The van der Waals surface area contributed by atoms with Crippen molar-refractivity contribution >= 4 is 11.8 Å². The molecule has 1 heterocycles. The number of rotatable bonds is 4. The summed E-state index contributed by atoms with van der Waals surface area (Å²) in [6.45, 7) is 7.52. The van der Waals surface area contributed by atoms with Crippen molar-refractivity contribution in [2.75, 3.05) is 18.5 Å². The Bertz CT molecular complexity index is 511. The van der Waals surface area contributed by atoms with Gasteiger partial charge in [0.05, 0.1) is 6.61 Å². The summed E-state index contributed by atoms with van der Waals surface area (Å²) < 4.78 is 5.26. The number of anilines is 1. The summed E-state index contributed by atoms with van der Waals surface area (Å²) in [5, 5.41) is 12.1. The Morgan fingerprint density at radius 2 is 2.23 bits per heavy atom. The summed E-state index contributed by atoms with van der Waals surface area (Å²) in [5.74, 6) is 0. The molecule has 1 atom stereocenters. The van der Waals surface area contributed by atoms with Crippen LogP contribution in [0.1, 0.15) is 39.2 Å². The normalized spacial score (nSPS) is 19.2. The first-order chi connectivity index (χ1) is 10.4. The smallest absolute Gasteiger partial charge is 0.412 e. The van der Waals surface area contributed by atoms with Crippen molar-refractivity contribution in [3.63, 3.8) is 0 Å². The van der Waals surface area contributed by atoms with E-state index in [-0.39, 0.29) is 12.6 Å². The molecule has 0 radical (unpaired) electrons. The molecular weight excluding hydrogens is 280 g/mol. The highest BCUT2D eigenvalue weighted by atomic mass is 16.6. The van der Waals surface area contributed by atoms with Crippen molar-refractivity contribution in [2.45, 2.75) is 51.8 Å². The number of hydrogen-bond donors (Lipinski definition) is 2. The van der Waals surface area contributed by atoms with Crippen LogP contribution in [0.3, 0.4) is 0 Å². The molecule has 1 saturated heterocycles. The van der Waals surface area contributed by atoms with Crippen LogP contribution < -0.4 is 5.32 Å². The molecular formula is C17H26N2O3. The Balaban J connectivity index is 1.96. The average Bonchev–Trinajstić information content (AvgIpc) is 2.84. The van der Waals surface area contributed by atoms with Crippen molar-refractivity contribution in [1.82, 2.24) is 4.90 Å². The second kappa shape index (κ2) is 7.11. The second-order valence-corrected chi connectivity index (χ2v) is 6.78. The van der Waals surface area contributed by atoms with Gasteiger partial charge < -0.3 is 9.84 Å². The van der Waals surface area contributed by atoms with Crippen molar-refractivity contribution in [2.24, 2.45) is 0 Å². The number of aliphatic hydroxyl groups is 1. The minimum Gasteiger partial charge on any atom is -0.444 e. The zero-order chi connectivity index (χ0) is 16.2. The van der Waals surface area contributed by atoms with E-state index in [1.54, 1.807) is 0 Å². The molecule has 0 bridgehead atoms. The number of nitrogens with one attached hydrogen (secondary N) is 1. The zero-order valence-corrected chi connectivity index (χ0v) is 13.6. The van der Waals surface area contributed by atoms with Gasteiger partial charge in [-0.1, -0.05) is 12.1 Å². The molecule has 0 aromatic heterocycles. The lowest BCUT2D eigenvalue weighted by Crippen LogP contribution is -2.31. The molecule has 122 valence electrons.